The van der Waals surface area contributed by atoms with Crippen LogP contribution in [0.15, 0.2) is 53.4 Å². The van der Waals surface area contributed by atoms with E-state index in [0.717, 1.165) is 16.7 Å². The average Bonchev–Trinajstić information content (AvgIpc) is 2.98. The summed E-state index contributed by atoms with van der Waals surface area (Å²) in [6, 6.07) is 14.4. The number of sulfone groups is 1. The van der Waals surface area contributed by atoms with Crippen molar-refractivity contribution >= 4 is 15.7 Å². The molecule has 3 rings (SSSR count). The van der Waals surface area contributed by atoms with Gasteiger partial charge in [-0.3, -0.25) is 10.1 Å². The molecule has 2 aromatic rings. The molecule has 1 heterocycles. The van der Waals surface area contributed by atoms with E-state index < -0.39 is 9.84 Å². The van der Waals surface area contributed by atoms with Crippen LogP contribution in [0.4, 0.5) is 0 Å². The fourth-order valence-corrected chi connectivity index (χ4v) is 3.70. The second-order valence-corrected chi connectivity index (χ2v) is 8.50. The molecule has 1 aliphatic rings. The predicted molar refractivity (Wildman–Crippen MR) is 97.1 cm³/mol. The van der Waals surface area contributed by atoms with Crippen LogP contribution in [0.2, 0.25) is 0 Å². The molecule has 5 nitrogen and oxygen atoms in total. The molecular formula is C19H22N2O3S. The van der Waals surface area contributed by atoms with Crippen molar-refractivity contribution in [2.45, 2.75) is 30.3 Å². The van der Waals surface area contributed by atoms with E-state index in [4.69, 9.17) is 0 Å². The lowest BCUT2D eigenvalue weighted by Crippen LogP contribution is -2.39. The Morgan fingerprint density at radius 3 is 2.44 bits per heavy atom. The maximum absolute atomic E-state index is 12.0. The number of rotatable bonds is 5. The molecule has 2 aromatic carbocycles. The monoisotopic (exact) mass is 358 g/mol. The van der Waals surface area contributed by atoms with Crippen molar-refractivity contribution in [2.75, 3.05) is 12.8 Å². The van der Waals surface area contributed by atoms with E-state index in [9.17, 15) is 13.2 Å². The Balaban J connectivity index is 2.01. The summed E-state index contributed by atoms with van der Waals surface area (Å²) >= 11 is 0. The first-order chi connectivity index (χ1) is 11.8. The molecule has 2 atom stereocenters. The van der Waals surface area contributed by atoms with E-state index in [1.54, 1.807) is 18.2 Å². The highest BCUT2D eigenvalue weighted by Gasteiger charge is 2.28. The van der Waals surface area contributed by atoms with Crippen molar-refractivity contribution < 1.29 is 13.2 Å². The van der Waals surface area contributed by atoms with Crippen LogP contribution in [0, 0.1) is 6.92 Å². The molecule has 1 aliphatic heterocycles. The molecule has 1 saturated heterocycles. The van der Waals surface area contributed by atoms with Gasteiger partial charge in [0.2, 0.25) is 5.91 Å². The number of aryl methyl sites for hydroxylation is 1. The van der Waals surface area contributed by atoms with E-state index in [0.29, 0.717) is 13.0 Å². The van der Waals surface area contributed by atoms with Crippen LogP contribution in [0.1, 0.15) is 29.2 Å². The molecule has 2 unspecified atom stereocenters. The van der Waals surface area contributed by atoms with Gasteiger partial charge in [-0.25, -0.2) is 8.42 Å². The number of amides is 1. The molecule has 0 bridgehead atoms. The van der Waals surface area contributed by atoms with Gasteiger partial charge in [-0.15, -0.1) is 0 Å². The van der Waals surface area contributed by atoms with Gasteiger partial charge in [0.1, 0.15) is 0 Å². The second kappa shape index (κ2) is 6.98. The lowest BCUT2D eigenvalue weighted by atomic mass is 9.96. The van der Waals surface area contributed by atoms with Gasteiger partial charge in [0.05, 0.1) is 17.0 Å². The number of nitrogens with one attached hydrogen (secondary N) is 2. The van der Waals surface area contributed by atoms with Crippen LogP contribution < -0.4 is 10.6 Å². The number of carbonyl (C=O) groups excluding carboxylic acids is 1. The number of hydrogen-bond donors (Lipinski definition) is 2. The van der Waals surface area contributed by atoms with Crippen LogP contribution in [-0.4, -0.2) is 33.2 Å². The summed E-state index contributed by atoms with van der Waals surface area (Å²) < 4.78 is 23.8. The smallest absolute Gasteiger partial charge is 0.237 e. The van der Waals surface area contributed by atoms with E-state index in [-0.39, 0.29) is 22.9 Å². The lowest BCUT2D eigenvalue weighted by Gasteiger charge is -2.23. The van der Waals surface area contributed by atoms with Crippen molar-refractivity contribution in [3.8, 4) is 0 Å². The zero-order valence-electron chi connectivity index (χ0n) is 14.3. The fourth-order valence-electron chi connectivity index (χ4n) is 3.02. The van der Waals surface area contributed by atoms with Gasteiger partial charge in [-0.2, -0.15) is 0 Å². The molecule has 1 amide bonds. The first-order valence-corrected chi connectivity index (χ1v) is 10.1. The van der Waals surface area contributed by atoms with Gasteiger partial charge in [0.25, 0.3) is 0 Å². The highest BCUT2D eigenvalue weighted by Crippen LogP contribution is 2.26. The van der Waals surface area contributed by atoms with E-state index in [1.165, 1.54) is 6.26 Å². The Bertz CT molecular complexity index is 876. The molecule has 25 heavy (non-hydrogen) atoms. The number of benzene rings is 2. The summed E-state index contributed by atoms with van der Waals surface area (Å²) in [7, 11) is -3.29. The Morgan fingerprint density at radius 2 is 1.84 bits per heavy atom. The average molecular weight is 358 g/mol. The van der Waals surface area contributed by atoms with E-state index in [2.05, 4.69) is 10.6 Å². The topological polar surface area (TPSA) is 75.3 Å². The zero-order valence-corrected chi connectivity index (χ0v) is 15.1. The van der Waals surface area contributed by atoms with Gasteiger partial charge < -0.3 is 5.32 Å². The summed E-state index contributed by atoms with van der Waals surface area (Å²) in [6.45, 7) is 2.67. The van der Waals surface area contributed by atoms with Crippen molar-refractivity contribution in [2.24, 2.45) is 0 Å². The van der Waals surface area contributed by atoms with Crippen molar-refractivity contribution in [3.63, 3.8) is 0 Å². The van der Waals surface area contributed by atoms with Crippen molar-refractivity contribution in [1.29, 1.82) is 0 Å². The molecule has 0 radical (unpaired) electrons. The largest absolute Gasteiger partial charge is 0.355 e. The maximum atomic E-state index is 12.0. The van der Waals surface area contributed by atoms with Gasteiger partial charge in [-0.1, -0.05) is 42.0 Å². The molecule has 6 heteroatoms. The lowest BCUT2D eigenvalue weighted by molar-refractivity contribution is -0.121. The molecule has 132 valence electrons. The summed E-state index contributed by atoms with van der Waals surface area (Å²) in [5.41, 5.74) is 2.97. The minimum Gasteiger partial charge on any atom is -0.355 e. The van der Waals surface area contributed by atoms with Gasteiger partial charge in [-0.05, 0) is 36.6 Å². The predicted octanol–water partition coefficient (Wildman–Crippen LogP) is 1.97. The minimum absolute atomic E-state index is 0.0172. The zero-order chi connectivity index (χ0) is 18.0. The van der Waals surface area contributed by atoms with Crippen LogP contribution in [0.5, 0.6) is 0 Å². The Labute approximate surface area is 148 Å². The van der Waals surface area contributed by atoms with Crippen LogP contribution >= 0.6 is 0 Å². The van der Waals surface area contributed by atoms with Crippen LogP contribution in [0.25, 0.3) is 0 Å². The summed E-state index contributed by atoms with van der Waals surface area (Å²) in [6.07, 6.45) is 1.91. The summed E-state index contributed by atoms with van der Waals surface area (Å²) in [5.74, 6) is -0.0172. The molecule has 0 saturated carbocycles. The molecule has 0 spiro atoms. The third kappa shape index (κ3) is 4.08. The third-order valence-electron chi connectivity index (χ3n) is 4.45. The van der Waals surface area contributed by atoms with Crippen molar-refractivity contribution in [1.82, 2.24) is 10.6 Å². The Morgan fingerprint density at radius 1 is 1.12 bits per heavy atom. The van der Waals surface area contributed by atoms with Crippen molar-refractivity contribution in [3.05, 3.63) is 65.2 Å². The SMILES string of the molecule is Cc1ccc(C(NC2CCNC2=O)c2cccc(S(C)(=O)=O)c2)cc1. The van der Waals surface area contributed by atoms with Gasteiger partial charge in [0.15, 0.2) is 9.84 Å². The van der Waals surface area contributed by atoms with Gasteiger partial charge in [0, 0.05) is 12.8 Å². The number of carbonyl (C=O) groups is 1. The number of hydrogen-bond acceptors (Lipinski definition) is 4. The molecule has 0 aliphatic carbocycles. The van der Waals surface area contributed by atoms with E-state index >= 15 is 0 Å². The molecule has 1 fully saturated rings. The van der Waals surface area contributed by atoms with Crippen LogP contribution in [0.3, 0.4) is 0 Å². The highest BCUT2D eigenvalue weighted by atomic mass is 32.2. The fraction of sp³-hybridized carbons (Fsp3) is 0.316. The molecule has 0 aromatic heterocycles. The molecule has 2 N–H and O–H groups in total. The van der Waals surface area contributed by atoms with Gasteiger partial charge >= 0.3 is 0 Å². The normalized spacial score (nSPS) is 18.8. The Kier molecular flexibility index (Phi) is 4.92. The summed E-state index contributed by atoms with van der Waals surface area (Å²) in [5, 5.41) is 6.21. The minimum atomic E-state index is -3.29. The third-order valence-corrected chi connectivity index (χ3v) is 5.56. The maximum Gasteiger partial charge on any atom is 0.237 e. The molecular weight excluding hydrogens is 336 g/mol. The second-order valence-electron chi connectivity index (χ2n) is 6.49. The first kappa shape index (κ1) is 17.6. The Hall–Kier alpha value is -2.18. The standard InChI is InChI=1S/C19H22N2O3S/c1-13-6-8-14(9-7-13)18(21-17-10-11-20-19(17)22)15-4-3-5-16(12-15)25(2,23)24/h3-9,12,17-18,21H,10-11H2,1-2H3,(H,20,22). The van der Waals surface area contributed by atoms with Crippen LogP contribution in [-0.2, 0) is 14.6 Å². The van der Waals surface area contributed by atoms with E-state index in [1.807, 2.05) is 37.3 Å². The quantitative estimate of drug-likeness (QED) is 0.857. The summed E-state index contributed by atoms with van der Waals surface area (Å²) in [4.78, 5) is 12.3. The highest BCUT2D eigenvalue weighted by molar-refractivity contribution is 7.90. The first-order valence-electron chi connectivity index (χ1n) is 8.25.